The van der Waals surface area contributed by atoms with E-state index in [0.717, 1.165) is 43.2 Å². The van der Waals surface area contributed by atoms with Gasteiger partial charge in [0, 0.05) is 11.1 Å². The molecule has 0 aliphatic heterocycles. The molecule has 1 aliphatic rings. The van der Waals surface area contributed by atoms with Crippen molar-refractivity contribution in [2.45, 2.75) is 44.9 Å². The first kappa shape index (κ1) is 23.2. The van der Waals surface area contributed by atoms with Crippen LogP contribution in [-0.4, -0.2) is 7.11 Å². The third-order valence-electron chi connectivity index (χ3n) is 6.75. The van der Waals surface area contributed by atoms with Crippen LogP contribution in [0, 0.1) is 23.4 Å². The van der Waals surface area contributed by atoms with Crippen molar-refractivity contribution in [1.82, 2.24) is 0 Å². The molecule has 4 rings (SSSR count). The molecule has 0 aromatic heterocycles. The molecule has 0 radical (unpaired) electrons. The van der Waals surface area contributed by atoms with Crippen LogP contribution in [0.25, 0.3) is 17.2 Å². The van der Waals surface area contributed by atoms with Gasteiger partial charge in [-0.05, 0) is 72.8 Å². The highest BCUT2D eigenvalue weighted by Crippen LogP contribution is 2.38. The molecule has 1 aliphatic carbocycles. The lowest BCUT2D eigenvalue weighted by molar-refractivity contribution is 0.370. The summed E-state index contributed by atoms with van der Waals surface area (Å²) in [5.41, 5.74) is 3.37. The quantitative estimate of drug-likeness (QED) is 0.367. The van der Waals surface area contributed by atoms with E-state index in [-0.39, 0.29) is 22.7 Å². The zero-order valence-electron chi connectivity index (χ0n) is 19.1. The summed E-state index contributed by atoms with van der Waals surface area (Å²) in [5.74, 6) is -1.10. The van der Waals surface area contributed by atoms with Crippen LogP contribution in [0.4, 0.5) is 13.2 Å². The Balaban J connectivity index is 1.41. The van der Waals surface area contributed by atoms with Gasteiger partial charge in [0.25, 0.3) is 0 Å². The summed E-state index contributed by atoms with van der Waals surface area (Å²) in [4.78, 5) is 0. The smallest absolute Gasteiger partial charge is 0.167 e. The Labute approximate surface area is 193 Å². The molecule has 0 saturated heterocycles. The summed E-state index contributed by atoms with van der Waals surface area (Å²) in [6.45, 7) is 2.06. The molecule has 1 nitrogen and oxygen atoms in total. The lowest BCUT2D eigenvalue weighted by Crippen LogP contribution is -2.12. The van der Waals surface area contributed by atoms with E-state index < -0.39 is 11.6 Å². The van der Waals surface area contributed by atoms with Gasteiger partial charge in [0.05, 0.1) is 7.11 Å². The van der Waals surface area contributed by atoms with Gasteiger partial charge >= 0.3 is 0 Å². The second kappa shape index (κ2) is 10.3. The average molecular weight is 451 g/mol. The molecule has 3 aromatic rings. The highest BCUT2D eigenvalue weighted by molar-refractivity contribution is 5.67. The molecule has 0 spiro atoms. The molecule has 0 bridgehead atoms. The monoisotopic (exact) mass is 450 g/mol. The number of allylic oxidation sites excluding steroid dienone is 1. The molecule has 33 heavy (non-hydrogen) atoms. The van der Waals surface area contributed by atoms with E-state index in [1.807, 2.05) is 36.4 Å². The van der Waals surface area contributed by atoms with Crippen LogP contribution >= 0.6 is 0 Å². The predicted octanol–water partition coefficient (Wildman–Crippen LogP) is 8.33. The van der Waals surface area contributed by atoms with Gasteiger partial charge in [-0.3, -0.25) is 0 Å². The number of hydrogen-bond acceptors (Lipinski definition) is 1. The first-order valence-electron chi connectivity index (χ1n) is 11.6. The Hall–Kier alpha value is -3.01. The maximum Gasteiger partial charge on any atom is 0.167 e. The van der Waals surface area contributed by atoms with E-state index >= 15 is 0 Å². The summed E-state index contributed by atoms with van der Waals surface area (Å²) in [7, 11) is 1.46. The van der Waals surface area contributed by atoms with Crippen LogP contribution in [0.1, 0.15) is 55.2 Å². The number of halogens is 3. The Morgan fingerprint density at radius 2 is 1.61 bits per heavy atom. The molecule has 172 valence electrons. The van der Waals surface area contributed by atoms with Gasteiger partial charge in [-0.2, -0.15) is 0 Å². The first-order chi connectivity index (χ1) is 16.0. The fourth-order valence-electron chi connectivity index (χ4n) is 4.66. The minimum absolute atomic E-state index is 0.258. The molecular formula is C29H29F3O. The fourth-order valence-corrected chi connectivity index (χ4v) is 4.66. The van der Waals surface area contributed by atoms with E-state index in [9.17, 15) is 13.2 Å². The number of rotatable bonds is 6. The van der Waals surface area contributed by atoms with E-state index in [4.69, 9.17) is 4.74 Å². The molecular weight excluding hydrogens is 421 g/mol. The van der Waals surface area contributed by atoms with Gasteiger partial charge in [0.1, 0.15) is 0 Å². The predicted molar refractivity (Wildman–Crippen MR) is 128 cm³/mol. The Bertz CT molecular complexity index is 1130. The van der Waals surface area contributed by atoms with Crippen molar-refractivity contribution in [1.29, 1.82) is 0 Å². The molecule has 0 atom stereocenters. The summed E-state index contributed by atoms with van der Waals surface area (Å²) < 4.78 is 48.6. The minimum Gasteiger partial charge on any atom is -0.494 e. The average Bonchev–Trinajstić information content (AvgIpc) is 2.85. The van der Waals surface area contributed by atoms with E-state index in [2.05, 4.69) is 6.92 Å². The van der Waals surface area contributed by atoms with Crippen molar-refractivity contribution in [3.8, 4) is 16.9 Å². The zero-order valence-corrected chi connectivity index (χ0v) is 19.1. The Morgan fingerprint density at radius 3 is 2.24 bits per heavy atom. The molecule has 0 amide bonds. The van der Waals surface area contributed by atoms with Crippen LogP contribution in [0.15, 0.2) is 60.7 Å². The van der Waals surface area contributed by atoms with Gasteiger partial charge in [-0.25, -0.2) is 13.2 Å². The van der Waals surface area contributed by atoms with Gasteiger partial charge in [-0.15, -0.1) is 0 Å². The summed E-state index contributed by atoms with van der Waals surface area (Å²) in [6, 6.07) is 16.0. The maximum absolute atomic E-state index is 14.8. The van der Waals surface area contributed by atoms with E-state index in [1.54, 1.807) is 30.3 Å². The SMILES string of the molecule is CCc1ccc(-c2ccc(C=CC3CCC(c4ccc(OC)c(F)c4)CC3)c(F)c2F)cc1. The van der Waals surface area contributed by atoms with Crippen LogP contribution in [0.2, 0.25) is 0 Å². The van der Waals surface area contributed by atoms with E-state index in [0.29, 0.717) is 17.4 Å². The minimum atomic E-state index is -0.814. The molecule has 3 aromatic carbocycles. The standard InChI is InChI=1S/C29H29F3O/c1-3-19-4-11-22(12-5-19)25-16-14-23(28(31)29(25)32)13-8-20-6-9-21(10-7-20)24-15-17-27(33-2)26(30)18-24/h4-5,8,11-18,20-21H,3,6-7,9-10H2,1-2H3. The van der Waals surface area contributed by atoms with Gasteiger partial charge in [0.2, 0.25) is 0 Å². The van der Waals surface area contributed by atoms with Crippen LogP contribution in [0.3, 0.4) is 0 Å². The van der Waals surface area contributed by atoms with E-state index in [1.165, 1.54) is 7.11 Å². The fraction of sp³-hybridized carbons (Fsp3) is 0.310. The third kappa shape index (κ3) is 5.16. The van der Waals surface area contributed by atoms with Crippen molar-refractivity contribution in [3.05, 3.63) is 94.8 Å². The topological polar surface area (TPSA) is 9.23 Å². The molecule has 0 heterocycles. The van der Waals surface area contributed by atoms with Crippen molar-refractivity contribution in [2.24, 2.45) is 5.92 Å². The van der Waals surface area contributed by atoms with Crippen LogP contribution in [-0.2, 0) is 6.42 Å². The molecule has 1 saturated carbocycles. The molecule has 0 unspecified atom stereocenters. The Kier molecular flexibility index (Phi) is 7.22. The largest absolute Gasteiger partial charge is 0.494 e. The van der Waals surface area contributed by atoms with Crippen molar-refractivity contribution >= 4 is 6.08 Å². The molecule has 4 heteroatoms. The van der Waals surface area contributed by atoms with Crippen LogP contribution in [0.5, 0.6) is 5.75 Å². The number of benzene rings is 3. The van der Waals surface area contributed by atoms with Gasteiger partial charge in [0.15, 0.2) is 23.2 Å². The first-order valence-corrected chi connectivity index (χ1v) is 11.6. The second-order valence-electron chi connectivity index (χ2n) is 8.75. The summed E-state index contributed by atoms with van der Waals surface area (Å²) >= 11 is 0. The third-order valence-corrected chi connectivity index (χ3v) is 6.75. The maximum atomic E-state index is 14.8. The van der Waals surface area contributed by atoms with Gasteiger partial charge in [-0.1, -0.05) is 61.5 Å². The second-order valence-corrected chi connectivity index (χ2v) is 8.75. The highest BCUT2D eigenvalue weighted by Gasteiger charge is 2.22. The van der Waals surface area contributed by atoms with Crippen LogP contribution < -0.4 is 4.74 Å². The number of hydrogen-bond donors (Lipinski definition) is 0. The summed E-state index contributed by atoms with van der Waals surface area (Å²) in [5, 5.41) is 0. The van der Waals surface area contributed by atoms with Gasteiger partial charge < -0.3 is 4.74 Å². The number of aryl methyl sites for hydroxylation is 1. The lowest BCUT2D eigenvalue weighted by Gasteiger charge is -2.27. The summed E-state index contributed by atoms with van der Waals surface area (Å²) in [6.07, 6.45) is 8.31. The zero-order chi connectivity index (χ0) is 23.4. The van der Waals surface area contributed by atoms with Crippen molar-refractivity contribution < 1.29 is 17.9 Å². The normalized spacial score (nSPS) is 18.6. The number of methoxy groups -OCH3 is 1. The lowest BCUT2D eigenvalue weighted by atomic mass is 9.78. The Morgan fingerprint density at radius 1 is 0.879 bits per heavy atom. The molecule has 1 fully saturated rings. The number of ether oxygens (including phenoxy) is 1. The van der Waals surface area contributed by atoms with Crippen molar-refractivity contribution in [2.75, 3.05) is 7.11 Å². The van der Waals surface area contributed by atoms with Crippen molar-refractivity contribution in [3.63, 3.8) is 0 Å². The molecule has 0 N–H and O–H groups in total. The highest BCUT2D eigenvalue weighted by atomic mass is 19.2.